The van der Waals surface area contributed by atoms with Crippen LogP contribution in [0, 0.1) is 0 Å². The van der Waals surface area contributed by atoms with E-state index >= 15 is 0 Å². The molecule has 0 aliphatic carbocycles. The molecular weight excluding hydrogens is 248 g/mol. The lowest BCUT2D eigenvalue weighted by Gasteiger charge is -2.13. The van der Waals surface area contributed by atoms with Crippen LogP contribution in [0.25, 0.3) is 5.52 Å². The molecule has 0 aliphatic rings. The van der Waals surface area contributed by atoms with Crippen LogP contribution in [-0.4, -0.2) is 32.3 Å². The molecule has 7 heteroatoms. The Bertz CT molecular complexity index is 601. The van der Waals surface area contributed by atoms with Crippen LogP contribution in [0.5, 0.6) is 0 Å². The average Bonchev–Trinajstić information content (AvgIpc) is 2.72. The van der Waals surface area contributed by atoms with Crippen molar-refractivity contribution >= 4 is 17.3 Å². The molecule has 19 heavy (non-hydrogen) atoms. The Morgan fingerprint density at radius 3 is 2.89 bits per heavy atom. The van der Waals surface area contributed by atoms with Crippen LogP contribution >= 0.6 is 0 Å². The summed E-state index contributed by atoms with van der Waals surface area (Å²) >= 11 is 0. The summed E-state index contributed by atoms with van der Waals surface area (Å²) in [5.74, 6) is -0.616. The van der Waals surface area contributed by atoms with Gasteiger partial charge in [-0.3, -0.25) is 4.84 Å². The van der Waals surface area contributed by atoms with Gasteiger partial charge in [-0.25, -0.2) is 19.8 Å². The molecule has 0 amide bonds. The Hall–Kier alpha value is -2.15. The zero-order valence-corrected chi connectivity index (χ0v) is 11.0. The van der Waals surface area contributed by atoms with Crippen molar-refractivity contribution in [3.8, 4) is 0 Å². The van der Waals surface area contributed by atoms with Crippen LogP contribution in [0.4, 0.5) is 5.82 Å². The minimum absolute atomic E-state index is 0.0782. The van der Waals surface area contributed by atoms with E-state index in [2.05, 4.69) is 36.3 Å². The predicted octanol–water partition coefficient (Wildman–Crippen LogP) is 1.45. The summed E-state index contributed by atoms with van der Waals surface area (Å²) in [6.45, 7) is 5.76. The van der Waals surface area contributed by atoms with E-state index in [0.29, 0.717) is 5.82 Å². The molecule has 0 aliphatic heterocycles. The van der Waals surface area contributed by atoms with Gasteiger partial charge in [-0.1, -0.05) is 20.8 Å². The van der Waals surface area contributed by atoms with Gasteiger partial charge >= 0.3 is 5.97 Å². The maximum Gasteiger partial charge on any atom is 0.332 e. The average molecular weight is 264 g/mol. The van der Waals surface area contributed by atoms with E-state index in [4.69, 9.17) is 9.94 Å². The van der Waals surface area contributed by atoms with E-state index in [9.17, 15) is 4.79 Å². The Labute approximate surface area is 110 Å². The minimum atomic E-state index is -1.05. The van der Waals surface area contributed by atoms with Crippen molar-refractivity contribution in [2.75, 3.05) is 12.1 Å². The molecule has 2 aromatic heterocycles. The molecule has 0 spiro atoms. The van der Waals surface area contributed by atoms with E-state index < -0.39 is 12.6 Å². The van der Waals surface area contributed by atoms with E-state index in [0.717, 1.165) is 11.2 Å². The number of aromatic nitrogens is 3. The first-order valence-electron chi connectivity index (χ1n) is 5.82. The standard InChI is InChI=1S/C12H16N4O3/c1-12(2,3)9-6-8-11(15-19-7-10(17)18)13-4-5-16(8)14-9/h4-6H,7H2,1-3H3,(H,13,15)(H,17,18). The highest BCUT2D eigenvalue weighted by Gasteiger charge is 2.19. The number of fused-ring (bicyclic) bond motifs is 1. The molecule has 0 atom stereocenters. The molecule has 0 saturated heterocycles. The Balaban J connectivity index is 2.29. The summed E-state index contributed by atoms with van der Waals surface area (Å²) in [6.07, 6.45) is 3.30. The highest BCUT2D eigenvalue weighted by atomic mass is 16.7. The van der Waals surface area contributed by atoms with Crippen molar-refractivity contribution in [2.45, 2.75) is 26.2 Å². The number of anilines is 1. The van der Waals surface area contributed by atoms with E-state index in [1.165, 1.54) is 0 Å². The van der Waals surface area contributed by atoms with Gasteiger partial charge in [0, 0.05) is 17.8 Å². The fraction of sp³-hybridized carbons (Fsp3) is 0.417. The molecule has 0 saturated carbocycles. The largest absolute Gasteiger partial charge is 0.479 e. The Kier molecular flexibility index (Phi) is 3.39. The highest BCUT2D eigenvalue weighted by molar-refractivity contribution is 5.69. The number of carbonyl (C=O) groups is 1. The number of hydrogen-bond donors (Lipinski definition) is 2. The van der Waals surface area contributed by atoms with Gasteiger partial charge in [0.25, 0.3) is 0 Å². The smallest absolute Gasteiger partial charge is 0.332 e. The molecule has 0 fully saturated rings. The topological polar surface area (TPSA) is 88.8 Å². The third-order valence-electron chi connectivity index (χ3n) is 2.52. The third kappa shape index (κ3) is 3.00. The third-order valence-corrected chi connectivity index (χ3v) is 2.52. The lowest BCUT2D eigenvalue weighted by atomic mass is 9.92. The summed E-state index contributed by atoms with van der Waals surface area (Å²) in [6, 6.07) is 1.90. The Morgan fingerprint density at radius 2 is 2.26 bits per heavy atom. The number of carboxylic acids is 1. The number of nitrogens with one attached hydrogen (secondary N) is 1. The van der Waals surface area contributed by atoms with Gasteiger partial charge in [-0.05, 0) is 6.07 Å². The first-order chi connectivity index (χ1) is 8.88. The molecule has 0 bridgehead atoms. The lowest BCUT2D eigenvalue weighted by Crippen LogP contribution is -2.12. The van der Waals surface area contributed by atoms with Gasteiger partial charge in [-0.15, -0.1) is 0 Å². The predicted molar refractivity (Wildman–Crippen MR) is 68.9 cm³/mol. The van der Waals surface area contributed by atoms with Crippen LogP contribution in [0.3, 0.4) is 0 Å². The number of aliphatic carboxylic acids is 1. The highest BCUT2D eigenvalue weighted by Crippen LogP contribution is 2.24. The fourth-order valence-electron chi connectivity index (χ4n) is 1.53. The lowest BCUT2D eigenvalue weighted by molar-refractivity contribution is -0.141. The summed E-state index contributed by atoms with van der Waals surface area (Å²) in [5, 5.41) is 13.0. The van der Waals surface area contributed by atoms with Crippen LogP contribution < -0.4 is 5.48 Å². The van der Waals surface area contributed by atoms with Gasteiger partial charge in [0.15, 0.2) is 12.4 Å². The molecule has 0 aromatic carbocycles. The first kappa shape index (κ1) is 13.3. The molecule has 0 radical (unpaired) electrons. The second kappa shape index (κ2) is 4.85. The number of carboxylic acid groups (broad SMARTS) is 1. The minimum Gasteiger partial charge on any atom is -0.479 e. The maximum atomic E-state index is 10.4. The number of rotatable bonds is 4. The van der Waals surface area contributed by atoms with Crippen molar-refractivity contribution in [1.29, 1.82) is 0 Å². The van der Waals surface area contributed by atoms with Gasteiger partial charge in [0.1, 0.15) is 5.52 Å². The fourth-order valence-corrected chi connectivity index (χ4v) is 1.53. The second-order valence-corrected chi connectivity index (χ2v) is 5.17. The van der Waals surface area contributed by atoms with E-state index in [1.54, 1.807) is 16.9 Å². The molecule has 102 valence electrons. The number of hydrogen-bond acceptors (Lipinski definition) is 5. The normalized spacial score (nSPS) is 11.7. The van der Waals surface area contributed by atoms with E-state index in [1.807, 2.05) is 6.07 Å². The van der Waals surface area contributed by atoms with Crippen LogP contribution in [0.2, 0.25) is 0 Å². The summed E-state index contributed by atoms with van der Waals surface area (Å²) < 4.78 is 1.68. The second-order valence-electron chi connectivity index (χ2n) is 5.17. The van der Waals surface area contributed by atoms with Crippen LogP contribution in [0.1, 0.15) is 26.5 Å². The van der Waals surface area contributed by atoms with Crippen molar-refractivity contribution in [2.24, 2.45) is 0 Å². The number of nitrogens with zero attached hydrogens (tertiary/aromatic N) is 3. The molecule has 0 unspecified atom stereocenters. The molecule has 7 nitrogen and oxygen atoms in total. The molecule has 2 N–H and O–H groups in total. The first-order valence-corrected chi connectivity index (χ1v) is 5.82. The zero-order valence-electron chi connectivity index (χ0n) is 11.0. The van der Waals surface area contributed by atoms with Crippen molar-refractivity contribution in [3.05, 3.63) is 24.2 Å². The van der Waals surface area contributed by atoms with Crippen molar-refractivity contribution < 1.29 is 14.7 Å². The maximum absolute atomic E-state index is 10.4. The SMILES string of the molecule is CC(C)(C)c1cc2c(NOCC(=O)O)nccn2n1. The summed E-state index contributed by atoms with van der Waals surface area (Å²) in [4.78, 5) is 19.3. The zero-order chi connectivity index (χ0) is 14.0. The van der Waals surface area contributed by atoms with Gasteiger partial charge < -0.3 is 5.11 Å². The quantitative estimate of drug-likeness (QED) is 0.813. The van der Waals surface area contributed by atoms with E-state index in [-0.39, 0.29) is 5.41 Å². The van der Waals surface area contributed by atoms with Crippen molar-refractivity contribution in [3.63, 3.8) is 0 Å². The van der Waals surface area contributed by atoms with Crippen LogP contribution in [0.15, 0.2) is 18.5 Å². The Morgan fingerprint density at radius 1 is 1.53 bits per heavy atom. The summed E-state index contributed by atoms with van der Waals surface area (Å²) in [7, 11) is 0. The monoisotopic (exact) mass is 264 g/mol. The molecule has 2 rings (SSSR count). The summed E-state index contributed by atoms with van der Waals surface area (Å²) in [5.41, 5.74) is 4.11. The molecular formula is C12H16N4O3. The van der Waals surface area contributed by atoms with Gasteiger partial charge in [0.2, 0.25) is 0 Å². The van der Waals surface area contributed by atoms with Gasteiger partial charge in [0.05, 0.1) is 5.69 Å². The van der Waals surface area contributed by atoms with Crippen LogP contribution in [-0.2, 0) is 15.0 Å². The van der Waals surface area contributed by atoms with Gasteiger partial charge in [-0.2, -0.15) is 5.10 Å². The van der Waals surface area contributed by atoms with Crippen molar-refractivity contribution in [1.82, 2.24) is 14.6 Å². The molecule has 2 heterocycles. The molecule has 2 aromatic rings.